The molecule has 0 saturated carbocycles. The van der Waals surface area contributed by atoms with Gasteiger partial charge in [0.1, 0.15) is 0 Å². The Bertz CT molecular complexity index is 173. The van der Waals surface area contributed by atoms with Gasteiger partial charge in [0.2, 0.25) is 5.96 Å². The Morgan fingerprint density at radius 2 is 2.10 bits per heavy atom. The van der Waals surface area contributed by atoms with Crippen LogP contribution in [0.1, 0.15) is 0 Å². The fourth-order valence-corrected chi connectivity index (χ4v) is 0.352. The van der Waals surface area contributed by atoms with Crippen LogP contribution in [0.5, 0.6) is 0 Å². The van der Waals surface area contributed by atoms with E-state index in [1.165, 1.54) is 0 Å². The summed E-state index contributed by atoms with van der Waals surface area (Å²) >= 11 is 9.95. The zero-order valence-electron chi connectivity index (χ0n) is 4.67. The lowest BCUT2D eigenvalue weighted by Gasteiger charge is -1.88. The van der Waals surface area contributed by atoms with Gasteiger partial charge in [-0.15, -0.1) is 14.7 Å². The predicted molar refractivity (Wildman–Crippen MR) is 39.0 cm³/mol. The monoisotopic (exact) mass is 182 g/mol. The van der Waals surface area contributed by atoms with Crippen LogP contribution >= 0.6 is 23.6 Å². The lowest BCUT2D eigenvalue weighted by atomic mass is 11.1. The summed E-state index contributed by atoms with van der Waals surface area (Å²) < 4.78 is 3.01. The van der Waals surface area contributed by atoms with Gasteiger partial charge in [-0.25, -0.2) is 0 Å². The number of nitrogens with two attached hydrogens (primary N) is 1. The maximum Gasteiger partial charge on any atom is 0.269 e. The van der Waals surface area contributed by atoms with Gasteiger partial charge in [-0.3, -0.25) is 10.2 Å². The average Bonchev–Trinajstić information content (AvgIpc) is 1.90. The molecule has 0 aromatic carbocycles. The minimum atomic E-state index is -0.454. The molecule has 0 bridgehead atoms. The Morgan fingerprint density at radius 1 is 1.50 bits per heavy atom. The summed E-state index contributed by atoms with van der Waals surface area (Å²) in [5.41, 5.74) is 4.80. The number of hydrogen-bond donors (Lipinski definition) is 3. The smallest absolute Gasteiger partial charge is 0.269 e. The zero-order chi connectivity index (χ0) is 7.98. The molecule has 10 heavy (non-hydrogen) atoms. The summed E-state index contributed by atoms with van der Waals surface area (Å²) in [6.07, 6.45) is 0. The van der Waals surface area contributed by atoms with Crippen LogP contribution in [0.3, 0.4) is 0 Å². The van der Waals surface area contributed by atoms with Gasteiger partial charge in [0.25, 0.3) is 5.96 Å². The first-order chi connectivity index (χ1) is 4.70. The van der Waals surface area contributed by atoms with Crippen LogP contribution in [0.2, 0.25) is 0 Å². The maximum atomic E-state index is 6.59. The lowest BCUT2D eigenvalue weighted by molar-refractivity contribution is 1.21. The van der Waals surface area contributed by atoms with E-state index in [0.29, 0.717) is 0 Å². The summed E-state index contributed by atoms with van der Waals surface area (Å²) in [6.45, 7) is 0. The summed E-state index contributed by atoms with van der Waals surface area (Å²) in [4.78, 5) is 1.98. The number of nitrogens with zero attached hydrogens (tertiary/aromatic N) is 3. The van der Waals surface area contributed by atoms with Crippen LogP contribution in [-0.4, -0.2) is 11.9 Å². The van der Waals surface area contributed by atoms with E-state index >= 15 is 0 Å². The second-order valence-electron chi connectivity index (χ2n) is 1.09. The second kappa shape index (κ2) is 4.95. The summed E-state index contributed by atoms with van der Waals surface area (Å²) in [5, 5.41) is 12.9. The Balaban J connectivity index is 3.98. The van der Waals surface area contributed by atoms with Gasteiger partial charge in [-0.1, -0.05) is 0 Å². The van der Waals surface area contributed by atoms with Crippen LogP contribution in [0.4, 0.5) is 0 Å². The largest absolute Gasteiger partial charge is 0.367 e. The standard InChI is InChI=1S/C2H4Cl2N6/c3-7-2(8-4)10-9-1(5)6/h(H3,5,6)(H,7,8). The molecule has 0 aliphatic carbocycles. The molecule has 0 saturated heterocycles. The van der Waals surface area contributed by atoms with E-state index in [9.17, 15) is 0 Å². The van der Waals surface area contributed by atoms with E-state index in [2.05, 4.69) is 14.7 Å². The number of halogens is 2. The highest BCUT2D eigenvalue weighted by Crippen LogP contribution is 1.84. The summed E-state index contributed by atoms with van der Waals surface area (Å²) in [7, 11) is 0. The number of rotatable bonds is 0. The van der Waals surface area contributed by atoms with E-state index < -0.39 is 5.96 Å². The number of nitrogens with one attached hydrogen (secondary N) is 2. The Labute approximate surface area is 66.9 Å². The molecule has 0 heterocycles. The van der Waals surface area contributed by atoms with Crippen molar-refractivity contribution in [1.29, 1.82) is 5.41 Å². The fourth-order valence-electron chi connectivity index (χ4n) is 0.153. The molecule has 0 rings (SSSR count). The van der Waals surface area contributed by atoms with Gasteiger partial charge in [0.05, 0.1) is 0 Å². The Morgan fingerprint density at radius 3 is 2.40 bits per heavy atom. The van der Waals surface area contributed by atoms with Gasteiger partial charge in [-0.05, 0) is 0 Å². The normalized spacial score (nSPS) is 12.0. The van der Waals surface area contributed by atoms with Crippen LogP contribution in [0.25, 0.3) is 0 Å². The summed E-state index contributed by atoms with van der Waals surface area (Å²) in [6, 6.07) is 0. The molecule has 0 fully saturated rings. The third-order valence-electron chi connectivity index (χ3n) is 0.417. The number of azo groups is 1. The van der Waals surface area contributed by atoms with Crippen molar-refractivity contribution >= 4 is 35.5 Å². The zero-order valence-corrected chi connectivity index (χ0v) is 6.19. The molecule has 0 spiro atoms. The maximum absolute atomic E-state index is 6.59. The van der Waals surface area contributed by atoms with Crippen LogP contribution in [-0.2, 0) is 0 Å². The van der Waals surface area contributed by atoms with Gasteiger partial charge < -0.3 is 5.73 Å². The average molecular weight is 183 g/mol. The van der Waals surface area contributed by atoms with Crippen molar-refractivity contribution in [2.24, 2.45) is 20.5 Å². The Hall–Kier alpha value is -0.880. The van der Waals surface area contributed by atoms with E-state index in [4.69, 9.17) is 34.7 Å². The molecule has 56 valence electrons. The number of guanidine groups is 2. The minimum Gasteiger partial charge on any atom is -0.367 e. The fraction of sp³-hybridized carbons (Fsp3) is 0. The molecule has 0 atom stereocenters. The first-order valence-electron chi connectivity index (χ1n) is 2.02. The Kier molecular flexibility index (Phi) is 4.51. The highest BCUT2D eigenvalue weighted by molar-refractivity contribution is 6.26. The third kappa shape index (κ3) is 4.04. The van der Waals surface area contributed by atoms with Crippen molar-refractivity contribution in [1.82, 2.24) is 4.84 Å². The molecular weight excluding hydrogens is 179 g/mol. The van der Waals surface area contributed by atoms with Gasteiger partial charge >= 0.3 is 0 Å². The topological polar surface area (TPSA) is 99.0 Å². The van der Waals surface area contributed by atoms with Gasteiger partial charge in [-0.2, -0.15) is 0 Å². The van der Waals surface area contributed by atoms with Gasteiger partial charge in [0.15, 0.2) is 0 Å². The molecule has 6 nitrogen and oxygen atoms in total. The highest BCUT2D eigenvalue weighted by Gasteiger charge is 1.90. The predicted octanol–water partition coefficient (Wildman–Crippen LogP) is 0.585. The molecule has 0 aromatic rings. The number of hydrogen-bond acceptors (Lipinski definition) is 2. The molecule has 8 heteroatoms. The van der Waals surface area contributed by atoms with Crippen molar-refractivity contribution in [2.75, 3.05) is 0 Å². The first kappa shape index (κ1) is 9.12. The van der Waals surface area contributed by atoms with Crippen LogP contribution in [0, 0.1) is 5.41 Å². The van der Waals surface area contributed by atoms with Crippen molar-refractivity contribution < 1.29 is 0 Å². The first-order valence-corrected chi connectivity index (χ1v) is 2.73. The molecule has 0 amide bonds. The second-order valence-corrected chi connectivity index (χ2v) is 1.45. The van der Waals surface area contributed by atoms with E-state index in [1.54, 1.807) is 0 Å². The van der Waals surface area contributed by atoms with Crippen LogP contribution < -0.4 is 10.6 Å². The molecule has 0 radical (unpaired) electrons. The van der Waals surface area contributed by atoms with Crippen molar-refractivity contribution in [3.05, 3.63) is 0 Å². The molecule has 0 aliphatic rings. The minimum absolute atomic E-state index is 0.126. The van der Waals surface area contributed by atoms with Crippen molar-refractivity contribution in [3.8, 4) is 0 Å². The van der Waals surface area contributed by atoms with E-state index in [0.717, 1.165) is 0 Å². The van der Waals surface area contributed by atoms with Crippen molar-refractivity contribution in [3.63, 3.8) is 0 Å². The van der Waals surface area contributed by atoms with E-state index in [1.807, 2.05) is 4.84 Å². The third-order valence-corrected chi connectivity index (χ3v) is 0.746. The van der Waals surface area contributed by atoms with Crippen molar-refractivity contribution in [2.45, 2.75) is 0 Å². The summed E-state index contributed by atoms with van der Waals surface area (Å²) in [5.74, 6) is -0.580. The van der Waals surface area contributed by atoms with Gasteiger partial charge in [0, 0.05) is 23.6 Å². The SMILES string of the molecule is N=C(N)N=NC(=NCl)NCl. The highest BCUT2D eigenvalue weighted by atomic mass is 35.5. The molecule has 0 aromatic heterocycles. The van der Waals surface area contributed by atoms with Crippen LogP contribution in [0.15, 0.2) is 14.7 Å². The molecule has 0 aliphatic heterocycles. The van der Waals surface area contributed by atoms with E-state index in [-0.39, 0.29) is 5.96 Å². The molecule has 4 N–H and O–H groups in total. The lowest BCUT2D eigenvalue weighted by Crippen LogP contribution is -2.10. The molecular formula is C2H4Cl2N6. The molecule has 0 unspecified atom stereocenters. The quantitative estimate of drug-likeness (QED) is 0.221.